The van der Waals surface area contributed by atoms with Gasteiger partial charge >= 0.3 is 0 Å². The molecule has 0 aliphatic rings. The average Bonchev–Trinajstić information content (AvgIpc) is 2.07. The van der Waals surface area contributed by atoms with Crippen LogP contribution < -0.4 is 5.73 Å². The Balaban J connectivity index is 3.19. The van der Waals surface area contributed by atoms with Crippen LogP contribution in [-0.4, -0.2) is 0 Å². The van der Waals surface area contributed by atoms with Crippen LogP contribution in [0.5, 0.6) is 0 Å². The molecule has 2 nitrogen and oxygen atoms in total. The smallest absolute Gasteiger partial charge is 0.148 e. The summed E-state index contributed by atoms with van der Waals surface area (Å²) >= 11 is 5.51. The van der Waals surface area contributed by atoms with E-state index >= 15 is 0 Å². The minimum absolute atomic E-state index is 0.00579. The molecule has 1 aromatic rings. The standard InChI is InChI=1S/C8H6ClFN2/c9-7-6(12)2-1-5(3-4-11)8(7)10/h1-2H,3,12H2. The molecule has 4 heteroatoms. The molecule has 1 rings (SSSR count). The molecule has 0 aliphatic heterocycles. The second-order valence-electron chi connectivity index (χ2n) is 2.28. The van der Waals surface area contributed by atoms with E-state index < -0.39 is 5.82 Å². The Labute approximate surface area is 74.4 Å². The van der Waals surface area contributed by atoms with Gasteiger partial charge in [0, 0.05) is 5.56 Å². The Hall–Kier alpha value is -1.27. The average molecular weight is 185 g/mol. The van der Waals surface area contributed by atoms with Crippen LogP contribution in [-0.2, 0) is 6.42 Å². The van der Waals surface area contributed by atoms with Gasteiger partial charge in [0.05, 0.1) is 23.2 Å². The number of nitriles is 1. The summed E-state index contributed by atoms with van der Waals surface area (Å²) in [6, 6.07) is 4.77. The molecule has 0 radical (unpaired) electrons. The molecule has 0 aromatic heterocycles. The van der Waals surface area contributed by atoms with E-state index in [9.17, 15) is 4.39 Å². The first-order valence-electron chi connectivity index (χ1n) is 3.26. The van der Waals surface area contributed by atoms with Crippen LogP contribution >= 0.6 is 11.6 Å². The molecule has 0 aliphatic carbocycles. The van der Waals surface area contributed by atoms with Crippen molar-refractivity contribution in [1.29, 1.82) is 5.26 Å². The summed E-state index contributed by atoms with van der Waals surface area (Å²) in [4.78, 5) is 0. The highest BCUT2D eigenvalue weighted by atomic mass is 35.5. The molecule has 0 spiro atoms. The number of nitrogen functional groups attached to an aromatic ring is 1. The second-order valence-corrected chi connectivity index (χ2v) is 2.65. The maximum atomic E-state index is 13.1. The van der Waals surface area contributed by atoms with Gasteiger partial charge in [0.1, 0.15) is 5.82 Å². The summed E-state index contributed by atoms with van der Waals surface area (Å²) in [7, 11) is 0. The molecule has 62 valence electrons. The van der Waals surface area contributed by atoms with Gasteiger partial charge in [-0.25, -0.2) is 4.39 Å². The van der Waals surface area contributed by atoms with Crippen LogP contribution in [0.1, 0.15) is 5.56 Å². The molecule has 0 saturated carbocycles. The number of hydrogen-bond acceptors (Lipinski definition) is 2. The van der Waals surface area contributed by atoms with Gasteiger partial charge in [-0.2, -0.15) is 5.26 Å². The highest BCUT2D eigenvalue weighted by Gasteiger charge is 2.08. The summed E-state index contributed by atoms with van der Waals surface area (Å²) < 4.78 is 13.1. The number of halogens is 2. The number of anilines is 1. The fraction of sp³-hybridized carbons (Fsp3) is 0.125. The van der Waals surface area contributed by atoms with Gasteiger partial charge in [-0.05, 0) is 6.07 Å². The molecule has 0 saturated heterocycles. The van der Waals surface area contributed by atoms with Crippen molar-refractivity contribution in [3.63, 3.8) is 0 Å². The van der Waals surface area contributed by atoms with Gasteiger partial charge in [0.25, 0.3) is 0 Å². The summed E-state index contributed by atoms with van der Waals surface area (Å²) in [6.07, 6.45) is 0.00579. The number of nitrogens with zero attached hydrogens (tertiary/aromatic N) is 1. The molecule has 0 heterocycles. The van der Waals surface area contributed by atoms with Crippen molar-refractivity contribution in [1.82, 2.24) is 0 Å². The van der Waals surface area contributed by atoms with E-state index in [1.54, 1.807) is 0 Å². The van der Waals surface area contributed by atoms with Crippen LogP contribution in [0.4, 0.5) is 10.1 Å². The maximum Gasteiger partial charge on any atom is 0.148 e. The first kappa shape index (κ1) is 8.82. The van der Waals surface area contributed by atoms with Crippen molar-refractivity contribution in [3.05, 3.63) is 28.5 Å². The predicted molar refractivity (Wildman–Crippen MR) is 45.1 cm³/mol. The van der Waals surface area contributed by atoms with Crippen molar-refractivity contribution in [2.75, 3.05) is 5.73 Å². The zero-order chi connectivity index (χ0) is 9.14. The van der Waals surface area contributed by atoms with Crippen molar-refractivity contribution in [2.45, 2.75) is 6.42 Å². The third kappa shape index (κ3) is 1.49. The quantitative estimate of drug-likeness (QED) is 0.680. The van der Waals surface area contributed by atoms with Crippen molar-refractivity contribution >= 4 is 17.3 Å². The highest BCUT2D eigenvalue weighted by Crippen LogP contribution is 2.24. The van der Waals surface area contributed by atoms with E-state index in [-0.39, 0.29) is 22.7 Å². The topological polar surface area (TPSA) is 49.8 Å². The lowest BCUT2D eigenvalue weighted by molar-refractivity contribution is 0.616. The molecule has 2 N–H and O–H groups in total. The Morgan fingerprint density at radius 1 is 1.58 bits per heavy atom. The highest BCUT2D eigenvalue weighted by molar-refractivity contribution is 6.33. The number of rotatable bonds is 1. The van der Waals surface area contributed by atoms with E-state index in [1.807, 2.05) is 6.07 Å². The molecule has 0 fully saturated rings. The zero-order valence-electron chi connectivity index (χ0n) is 6.14. The van der Waals surface area contributed by atoms with Crippen molar-refractivity contribution in [3.8, 4) is 6.07 Å². The van der Waals surface area contributed by atoms with Gasteiger partial charge in [0.15, 0.2) is 0 Å². The number of benzene rings is 1. The minimum Gasteiger partial charge on any atom is -0.397 e. The molecule has 12 heavy (non-hydrogen) atoms. The largest absolute Gasteiger partial charge is 0.397 e. The van der Waals surface area contributed by atoms with E-state index in [0.717, 1.165) is 0 Å². The first-order valence-corrected chi connectivity index (χ1v) is 3.64. The van der Waals surface area contributed by atoms with Gasteiger partial charge in [0.2, 0.25) is 0 Å². The summed E-state index contributed by atoms with van der Waals surface area (Å²) in [5.41, 5.74) is 5.80. The predicted octanol–water partition coefficient (Wildman–Crippen LogP) is 2.13. The van der Waals surface area contributed by atoms with E-state index in [4.69, 9.17) is 22.6 Å². The molecule has 0 bridgehead atoms. The van der Waals surface area contributed by atoms with Gasteiger partial charge in [-0.1, -0.05) is 17.7 Å². The van der Waals surface area contributed by atoms with Crippen LogP contribution in [0.2, 0.25) is 5.02 Å². The second kappa shape index (κ2) is 3.42. The lowest BCUT2D eigenvalue weighted by Gasteiger charge is -2.02. The Bertz CT molecular complexity index is 344. The van der Waals surface area contributed by atoms with Crippen LogP contribution in [0.3, 0.4) is 0 Å². The lowest BCUT2D eigenvalue weighted by atomic mass is 10.1. The molecule has 1 aromatic carbocycles. The fourth-order valence-corrected chi connectivity index (χ4v) is 1.01. The molecule has 0 unspecified atom stereocenters. The van der Waals surface area contributed by atoms with Crippen molar-refractivity contribution in [2.24, 2.45) is 0 Å². The normalized spacial score (nSPS) is 9.42. The van der Waals surface area contributed by atoms with Crippen molar-refractivity contribution < 1.29 is 4.39 Å². The van der Waals surface area contributed by atoms with Gasteiger partial charge in [-0.3, -0.25) is 0 Å². The lowest BCUT2D eigenvalue weighted by Crippen LogP contribution is -1.94. The summed E-state index contributed by atoms with van der Waals surface area (Å²) in [5.74, 6) is -0.599. The third-order valence-corrected chi connectivity index (χ3v) is 1.85. The molecule has 0 amide bonds. The number of hydrogen-bond donors (Lipinski definition) is 1. The molecular weight excluding hydrogens is 179 g/mol. The van der Waals surface area contributed by atoms with Gasteiger partial charge in [-0.15, -0.1) is 0 Å². The van der Waals surface area contributed by atoms with E-state index in [1.165, 1.54) is 12.1 Å². The van der Waals surface area contributed by atoms with Gasteiger partial charge < -0.3 is 5.73 Å². The summed E-state index contributed by atoms with van der Waals surface area (Å²) in [6.45, 7) is 0. The van der Waals surface area contributed by atoms with Crippen LogP contribution in [0, 0.1) is 17.1 Å². The SMILES string of the molecule is N#CCc1ccc(N)c(Cl)c1F. The summed E-state index contributed by atoms with van der Waals surface area (Å²) in [5, 5.41) is 8.20. The maximum absolute atomic E-state index is 13.1. The van der Waals surface area contributed by atoms with Crippen LogP contribution in [0.25, 0.3) is 0 Å². The minimum atomic E-state index is -0.599. The monoisotopic (exact) mass is 184 g/mol. The van der Waals surface area contributed by atoms with Crippen LogP contribution in [0.15, 0.2) is 12.1 Å². The third-order valence-electron chi connectivity index (χ3n) is 1.46. The van der Waals surface area contributed by atoms with E-state index in [2.05, 4.69) is 0 Å². The molecule has 0 atom stereocenters. The first-order chi connectivity index (χ1) is 5.66. The zero-order valence-corrected chi connectivity index (χ0v) is 6.90. The number of nitrogens with two attached hydrogens (primary N) is 1. The Kier molecular flexibility index (Phi) is 2.51. The Morgan fingerprint density at radius 3 is 2.83 bits per heavy atom. The Morgan fingerprint density at radius 2 is 2.25 bits per heavy atom. The molecular formula is C8H6ClFN2. The fourth-order valence-electron chi connectivity index (χ4n) is 0.826. The van der Waals surface area contributed by atoms with E-state index in [0.29, 0.717) is 0 Å².